The van der Waals surface area contributed by atoms with Crippen LogP contribution in [0.5, 0.6) is 0 Å². The van der Waals surface area contributed by atoms with Gasteiger partial charge in [-0.25, -0.2) is 4.99 Å². The number of aliphatic imine (C=N–C) groups is 1. The first-order valence-corrected chi connectivity index (χ1v) is 3.74. The first-order valence-electron chi connectivity index (χ1n) is 3.74. The Balaban J connectivity index is 2.68. The Morgan fingerprint density at radius 2 is 2.18 bits per heavy atom. The minimum absolute atomic E-state index is 0.00463. The van der Waals surface area contributed by atoms with Gasteiger partial charge in [0.25, 0.3) is 5.90 Å². The molecule has 0 N–H and O–H groups in total. The van der Waals surface area contributed by atoms with E-state index in [1.54, 1.807) is 0 Å². The maximum atomic E-state index is 11.4. The Morgan fingerprint density at radius 3 is 2.55 bits per heavy atom. The molecule has 0 unspecified atom stereocenters. The number of nitrogens with zero attached hydrogens (tertiary/aromatic N) is 1. The molecule has 3 heteroatoms. The van der Waals surface area contributed by atoms with Crippen LogP contribution in [-0.4, -0.2) is 24.8 Å². The number of carbonyl (C=O) groups excluding carboxylic acids is 1. The molecule has 1 heterocycles. The van der Waals surface area contributed by atoms with Crippen molar-refractivity contribution >= 4 is 11.7 Å². The quantitative estimate of drug-likeness (QED) is 0.567. The summed E-state index contributed by atoms with van der Waals surface area (Å²) >= 11 is 0. The first-order chi connectivity index (χ1) is 5.02. The van der Waals surface area contributed by atoms with E-state index in [1.165, 1.54) is 0 Å². The van der Waals surface area contributed by atoms with E-state index in [4.69, 9.17) is 4.74 Å². The highest BCUT2D eigenvalue weighted by atomic mass is 16.5. The van der Waals surface area contributed by atoms with Gasteiger partial charge in [-0.2, -0.15) is 0 Å². The molecule has 0 spiro atoms. The number of Topliss-reactive ketones (excluding diaryl/α,β-unsaturated/α-hetero) is 1. The molecule has 3 nitrogen and oxygen atoms in total. The number of ketones is 1. The fourth-order valence-corrected chi connectivity index (χ4v) is 0.793. The van der Waals surface area contributed by atoms with Gasteiger partial charge >= 0.3 is 0 Å². The van der Waals surface area contributed by atoms with Crippen LogP contribution in [0.1, 0.15) is 20.8 Å². The number of carbonyl (C=O) groups is 1. The second-order valence-corrected chi connectivity index (χ2v) is 3.61. The fourth-order valence-electron chi connectivity index (χ4n) is 0.793. The lowest BCUT2D eigenvalue weighted by Gasteiger charge is -2.15. The van der Waals surface area contributed by atoms with E-state index in [2.05, 4.69) is 4.99 Å². The van der Waals surface area contributed by atoms with Crippen molar-refractivity contribution in [2.24, 2.45) is 10.4 Å². The summed E-state index contributed by atoms with van der Waals surface area (Å²) in [5.74, 6) is 0.299. The summed E-state index contributed by atoms with van der Waals surface area (Å²) < 4.78 is 5.04. The molecule has 0 aromatic heterocycles. The topological polar surface area (TPSA) is 38.7 Å². The van der Waals surface area contributed by atoms with E-state index in [1.807, 2.05) is 20.8 Å². The monoisotopic (exact) mass is 155 g/mol. The average Bonchev–Trinajstić information content (AvgIpc) is 2.34. The third-order valence-electron chi connectivity index (χ3n) is 1.46. The molecule has 1 aliphatic heterocycles. The van der Waals surface area contributed by atoms with Gasteiger partial charge < -0.3 is 4.74 Å². The molecule has 0 fully saturated rings. The average molecular weight is 155 g/mol. The molecule has 0 aromatic rings. The van der Waals surface area contributed by atoms with Crippen molar-refractivity contribution in [3.8, 4) is 0 Å². The van der Waals surface area contributed by atoms with Gasteiger partial charge in [-0.3, -0.25) is 4.79 Å². The molecule has 0 radical (unpaired) electrons. The number of hydrogen-bond acceptors (Lipinski definition) is 3. The highest BCUT2D eigenvalue weighted by molar-refractivity contribution is 6.38. The lowest BCUT2D eigenvalue weighted by atomic mass is 9.91. The van der Waals surface area contributed by atoms with E-state index in [0.29, 0.717) is 19.0 Å². The predicted octanol–water partition coefficient (Wildman–Crippen LogP) is 1.03. The van der Waals surface area contributed by atoms with Gasteiger partial charge in [-0.1, -0.05) is 20.8 Å². The van der Waals surface area contributed by atoms with E-state index in [9.17, 15) is 4.79 Å². The molecular formula is C8H13NO2. The second kappa shape index (κ2) is 2.64. The largest absolute Gasteiger partial charge is 0.473 e. The van der Waals surface area contributed by atoms with Crippen LogP contribution in [0.3, 0.4) is 0 Å². The maximum Gasteiger partial charge on any atom is 0.254 e. The summed E-state index contributed by atoms with van der Waals surface area (Å²) in [6, 6.07) is 0. The van der Waals surface area contributed by atoms with Crippen LogP contribution in [0.25, 0.3) is 0 Å². The molecule has 0 aliphatic carbocycles. The normalized spacial score (nSPS) is 17.5. The minimum Gasteiger partial charge on any atom is -0.473 e. The zero-order valence-electron chi connectivity index (χ0n) is 7.18. The standard InChI is InChI=1S/C8H13NO2/c1-8(2,3)6(10)7-9-4-5-11-7/h4-5H2,1-3H3. The molecule has 11 heavy (non-hydrogen) atoms. The van der Waals surface area contributed by atoms with E-state index < -0.39 is 0 Å². The first kappa shape index (κ1) is 8.24. The molecule has 0 atom stereocenters. The highest BCUT2D eigenvalue weighted by Gasteiger charge is 2.29. The van der Waals surface area contributed by atoms with Crippen molar-refractivity contribution < 1.29 is 9.53 Å². The molecule has 0 saturated heterocycles. The van der Waals surface area contributed by atoms with Crippen molar-refractivity contribution in [1.82, 2.24) is 0 Å². The Labute approximate surface area is 66.5 Å². The molecule has 0 amide bonds. The van der Waals surface area contributed by atoms with Crippen molar-refractivity contribution in [1.29, 1.82) is 0 Å². The van der Waals surface area contributed by atoms with Crippen LogP contribution in [0, 0.1) is 5.41 Å². The van der Waals surface area contributed by atoms with Crippen LogP contribution >= 0.6 is 0 Å². The molecule has 0 bridgehead atoms. The number of hydrogen-bond donors (Lipinski definition) is 0. The van der Waals surface area contributed by atoms with Crippen LogP contribution in [0.2, 0.25) is 0 Å². The summed E-state index contributed by atoms with van der Waals surface area (Å²) in [6.45, 7) is 6.76. The molecule has 0 saturated carbocycles. The van der Waals surface area contributed by atoms with Crippen LogP contribution < -0.4 is 0 Å². The van der Waals surface area contributed by atoms with Crippen molar-refractivity contribution in [2.45, 2.75) is 20.8 Å². The van der Waals surface area contributed by atoms with Crippen molar-refractivity contribution in [3.05, 3.63) is 0 Å². The summed E-state index contributed by atoms with van der Waals surface area (Å²) in [5, 5.41) is 0. The lowest BCUT2D eigenvalue weighted by Crippen LogP contribution is -2.28. The Morgan fingerprint density at radius 1 is 1.55 bits per heavy atom. The van der Waals surface area contributed by atoms with E-state index in [-0.39, 0.29) is 11.2 Å². The molecular weight excluding hydrogens is 142 g/mol. The Kier molecular flexibility index (Phi) is 1.98. The van der Waals surface area contributed by atoms with Crippen LogP contribution in [0.15, 0.2) is 4.99 Å². The van der Waals surface area contributed by atoms with Gasteiger partial charge in [0.2, 0.25) is 5.78 Å². The Hall–Kier alpha value is -0.860. The highest BCUT2D eigenvalue weighted by Crippen LogP contribution is 2.17. The van der Waals surface area contributed by atoms with Gasteiger partial charge in [0.1, 0.15) is 6.61 Å². The second-order valence-electron chi connectivity index (χ2n) is 3.61. The molecule has 62 valence electrons. The van der Waals surface area contributed by atoms with Crippen molar-refractivity contribution in [2.75, 3.05) is 13.2 Å². The fraction of sp³-hybridized carbons (Fsp3) is 0.750. The van der Waals surface area contributed by atoms with Crippen LogP contribution in [0.4, 0.5) is 0 Å². The van der Waals surface area contributed by atoms with E-state index >= 15 is 0 Å². The lowest BCUT2D eigenvalue weighted by molar-refractivity contribution is -0.120. The SMILES string of the molecule is CC(C)(C)C(=O)C1=NCCO1. The van der Waals surface area contributed by atoms with Gasteiger partial charge in [0, 0.05) is 5.41 Å². The van der Waals surface area contributed by atoms with Gasteiger partial charge in [-0.05, 0) is 0 Å². The van der Waals surface area contributed by atoms with Gasteiger partial charge in [-0.15, -0.1) is 0 Å². The molecule has 0 aromatic carbocycles. The van der Waals surface area contributed by atoms with Gasteiger partial charge in [0.15, 0.2) is 0 Å². The summed E-state index contributed by atoms with van der Waals surface area (Å²) in [7, 11) is 0. The third kappa shape index (κ3) is 1.79. The predicted molar refractivity (Wildman–Crippen MR) is 42.7 cm³/mol. The summed E-state index contributed by atoms with van der Waals surface area (Å²) in [6.07, 6.45) is 0. The zero-order valence-corrected chi connectivity index (χ0v) is 7.18. The molecule has 1 aliphatic rings. The van der Waals surface area contributed by atoms with Crippen molar-refractivity contribution in [3.63, 3.8) is 0 Å². The van der Waals surface area contributed by atoms with E-state index in [0.717, 1.165) is 0 Å². The third-order valence-corrected chi connectivity index (χ3v) is 1.46. The number of rotatable bonds is 1. The maximum absolute atomic E-state index is 11.4. The van der Waals surface area contributed by atoms with Crippen LogP contribution in [-0.2, 0) is 9.53 Å². The summed E-state index contributed by atoms with van der Waals surface area (Å²) in [4.78, 5) is 15.4. The summed E-state index contributed by atoms with van der Waals surface area (Å²) in [5.41, 5.74) is -0.372. The smallest absolute Gasteiger partial charge is 0.254 e. The minimum atomic E-state index is -0.372. The number of ether oxygens (including phenoxy) is 1. The Bertz CT molecular complexity index is 201. The molecule has 1 rings (SSSR count). The zero-order chi connectivity index (χ0) is 8.48. The van der Waals surface area contributed by atoms with Gasteiger partial charge in [0.05, 0.1) is 6.54 Å².